The Balaban J connectivity index is 2.13. The summed E-state index contributed by atoms with van der Waals surface area (Å²) in [6.45, 7) is 0. The molecule has 6 nitrogen and oxygen atoms in total. The minimum Gasteiger partial charge on any atom is -0.508 e. The lowest BCUT2D eigenvalue weighted by molar-refractivity contribution is 0.0827. The smallest absolute Gasteiger partial charge is 0.259 e. The molecule has 0 aliphatic rings. The van der Waals surface area contributed by atoms with Crippen molar-refractivity contribution in [2.75, 3.05) is 19.4 Å². The molecule has 0 fully saturated rings. The molecule has 0 radical (unpaired) electrons. The molecule has 0 heterocycles. The van der Waals surface area contributed by atoms with Crippen molar-refractivity contribution >= 4 is 17.5 Å². The fourth-order valence-electron chi connectivity index (χ4n) is 1.86. The van der Waals surface area contributed by atoms with Crippen molar-refractivity contribution in [3.63, 3.8) is 0 Å². The van der Waals surface area contributed by atoms with Gasteiger partial charge < -0.3 is 20.4 Å². The molecular weight excluding hydrogens is 284 g/mol. The normalized spacial score (nSPS) is 10.1. The van der Waals surface area contributed by atoms with Crippen molar-refractivity contribution in [2.24, 2.45) is 0 Å². The van der Waals surface area contributed by atoms with E-state index in [0.29, 0.717) is 11.3 Å². The highest BCUT2D eigenvalue weighted by Gasteiger charge is 2.13. The number of benzene rings is 2. The van der Waals surface area contributed by atoms with E-state index in [-0.39, 0.29) is 23.0 Å². The number of aromatic hydroxyl groups is 2. The Labute approximate surface area is 127 Å². The van der Waals surface area contributed by atoms with Gasteiger partial charge in [-0.15, -0.1) is 0 Å². The molecule has 0 aliphatic carbocycles. The molecule has 0 spiro atoms. The summed E-state index contributed by atoms with van der Waals surface area (Å²) < 4.78 is 0. The first-order chi connectivity index (χ1) is 10.4. The van der Waals surface area contributed by atoms with Crippen molar-refractivity contribution in [1.29, 1.82) is 0 Å². The first-order valence-electron chi connectivity index (χ1n) is 6.53. The van der Waals surface area contributed by atoms with Crippen molar-refractivity contribution in [1.82, 2.24) is 4.90 Å². The van der Waals surface area contributed by atoms with Crippen LogP contribution >= 0.6 is 0 Å². The number of rotatable bonds is 3. The summed E-state index contributed by atoms with van der Waals surface area (Å²) in [5, 5.41) is 21.5. The maximum Gasteiger partial charge on any atom is 0.259 e. The van der Waals surface area contributed by atoms with Crippen molar-refractivity contribution in [3.8, 4) is 11.5 Å². The van der Waals surface area contributed by atoms with Gasteiger partial charge in [0.25, 0.3) is 11.8 Å². The molecule has 0 bridgehead atoms. The fourth-order valence-corrected chi connectivity index (χ4v) is 1.86. The van der Waals surface area contributed by atoms with E-state index in [1.807, 2.05) is 0 Å². The van der Waals surface area contributed by atoms with Crippen LogP contribution in [-0.2, 0) is 0 Å². The van der Waals surface area contributed by atoms with Crippen LogP contribution < -0.4 is 5.32 Å². The maximum absolute atomic E-state index is 12.0. The van der Waals surface area contributed by atoms with Gasteiger partial charge in [-0.3, -0.25) is 9.59 Å². The number of hydrogen-bond acceptors (Lipinski definition) is 4. The average Bonchev–Trinajstić information content (AvgIpc) is 2.47. The standard InChI is InChI=1S/C16H16N2O4/c1-18(2)16(22)10-3-5-11(6-4-10)17-15(21)13-8-7-12(19)9-14(13)20/h3-9,19-20H,1-2H3,(H,17,21). The first-order valence-corrected chi connectivity index (χ1v) is 6.53. The van der Waals surface area contributed by atoms with Gasteiger partial charge >= 0.3 is 0 Å². The summed E-state index contributed by atoms with van der Waals surface area (Å²) in [7, 11) is 3.32. The molecule has 2 aromatic carbocycles. The van der Waals surface area contributed by atoms with Crippen LogP contribution in [0.2, 0.25) is 0 Å². The number of phenols is 2. The molecule has 0 aliphatic heterocycles. The number of carbonyl (C=O) groups is 2. The number of phenolic OH excluding ortho intramolecular Hbond substituents is 2. The zero-order valence-corrected chi connectivity index (χ0v) is 12.2. The van der Waals surface area contributed by atoms with Crippen LogP contribution in [0.1, 0.15) is 20.7 Å². The zero-order valence-electron chi connectivity index (χ0n) is 12.2. The number of nitrogens with one attached hydrogen (secondary N) is 1. The van der Waals surface area contributed by atoms with Crippen molar-refractivity contribution in [2.45, 2.75) is 0 Å². The van der Waals surface area contributed by atoms with E-state index in [1.165, 1.54) is 17.0 Å². The Bertz CT molecular complexity index is 709. The Hall–Kier alpha value is -3.02. The minimum atomic E-state index is -0.510. The summed E-state index contributed by atoms with van der Waals surface area (Å²) in [6.07, 6.45) is 0. The van der Waals surface area contributed by atoms with E-state index in [0.717, 1.165) is 6.07 Å². The Morgan fingerprint density at radius 3 is 2.18 bits per heavy atom. The highest BCUT2D eigenvalue weighted by atomic mass is 16.3. The molecule has 0 atom stereocenters. The van der Waals surface area contributed by atoms with E-state index < -0.39 is 5.91 Å². The summed E-state index contributed by atoms with van der Waals surface area (Å²) in [4.78, 5) is 25.3. The van der Waals surface area contributed by atoms with Gasteiger partial charge in [-0.25, -0.2) is 0 Å². The molecule has 2 aromatic rings. The van der Waals surface area contributed by atoms with Gasteiger partial charge in [0.1, 0.15) is 11.5 Å². The quantitative estimate of drug-likeness (QED) is 0.809. The second-order valence-electron chi connectivity index (χ2n) is 4.93. The largest absolute Gasteiger partial charge is 0.508 e. The molecule has 2 amide bonds. The van der Waals surface area contributed by atoms with Crippen LogP contribution in [0.5, 0.6) is 11.5 Å². The zero-order chi connectivity index (χ0) is 16.3. The topological polar surface area (TPSA) is 89.9 Å². The summed E-state index contributed by atoms with van der Waals surface area (Å²) in [5.41, 5.74) is 1.05. The third-order valence-electron chi connectivity index (χ3n) is 3.02. The highest BCUT2D eigenvalue weighted by molar-refractivity contribution is 6.06. The highest BCUT2D eigenvalue weighted by Crippen LogP contribution is 2.23. The maximum atomic E-state index is 12.0. The Morgan fingerprint density at radius 1 is 1.00 bits per heavy atom. The summed E-state index contributed by atoms with van der Waals surface area (Å²) in [5.74, 6) is -1.07. The monoisotopic (exact) mass is 300 g/mol. The lowest BCUT2D eigenvalue weighted by Crippen LogP contribution is -2.21. The molecule has 3 N–H and O–H groups in total. The minimum absolute atomic E-state index is 0.0474. The average molecular weight is 300 g/mol. The number of nitrogens with zero attached hydrogens (tertiary/aromatic N) is 1. The fraction of sp³-hybridized carbons (Fsp3) is 0.125. The van der Waals surface area contributed by atoms with Crippen LogP contribution in [0, 0.1) is 0 Å². The third-order valence-corrected chi connectivity index (χ3v) is 3.02. The third kappa shape index (κ3) is 3.35. The van der Waals surface area contributed by atoms with Gasteiger partial charge in [0, 0.05) is 31.4 Å². The van der Waals surface area contributed by atoms with E-state index in [9.17, 15) is 19.8 Å². The van der Waals surface area contributed by atoms with Crippen LogP contribution in [-0.4, -0.2) is 41.0 Å². The second kappa shape index (κ2) is 6.17. The molecule has 114 valence electrons. The van der Waals surface area contributed by atoms with E-state index in [1.54, 1.807) is 38.4 Å². The lowest BCUT2D eigenvalue weighted by atomic mass is 10.1. The van der Waals surface area contributed by atoms with Crippen molar-refractivity contribution in [3.05, 3.63) is 53.6 Å². The second-order valence-corrected chi connectivity index (χ2v) is 4.93. The molecule has 0 saturated carbocycles. The molecule has 6 heteroatoms. The summed E-state index contributed by atoms with van der Waals surface area (Å²) in [6, 6.07) is 10.1. The van der Waals surface area contributed by atoms with E-state index in [4.69, 9.17) is 0 Å². The lowest BCUT2D eigenvalue weighted by Gasteiger charge is -2.11. The van der Waals surface area contributed by atoms with Crippen molar-refractivity contribution < 1.29 is 19.8 Å². The Kier molecular flexibility index (Phi) is 4.31. The number of amides is 2. The van der Waals surface area contributed by atoms with Crippen LogP contribution in [0.4, 0.5) is 5.69 Å². The van der Waals surface area contributed by atoms with E-state index >= 15 is 0 Å². The predicted octanol–water partition coefficient (Wildman–Crippen LogP) is 2.05. The van der Waals surface area contributed by atoms with Crippen LogP contribution in [0.25, 0.3) is 0 Å². The number of anilines is 1. The van der Waals surface area contributed by atoms with Gasteiger partial charge in [0.05, 0.1) is 5.56 Å². The van der Waals surface area contributed by atoms with Gasteiger partial charge in [-0.05, 0) is 36.4 Å². The predicted molar refractivity (Wildman–Crippen MR) is 82.2 cm³/mol. The first kappa shape index (κ1) is 15.4. The van der Waals surface area contributed by atoms with Gasteiger partial charge in [0.15, 0.2) is 0 Å². The molecule has 0 unspecified atom stereocenters. The van der Waals surface area contributed by atoms with Gasteiger partial charge in [0.2, 0.25) is 0 Å². The molecule has 2 rings (SSSR count). The van der Waals surface area contributed by atoms with Crippen LogP contribution in [0.3, 0.4) is 0 Å². The molecule has 0 aromatic heterocycles. The molecular formula is C16H16N2O4. The number of hydrogen-bond donors (Lipinski definition) is 3. The summed E-state index contributed by atoms with van der Waals surface area (Å²) >= 11 is 0. The number of carbonyl (C=O) groups excluding carboxylic acids is 2. The van der Waals surface area contributed by atoms with E-state index in [2.05, 4.69) is 5.32 Å². The Morgan fingerprint density at radius 2 is 1.64 bits per heavy atom. The molecule has 22 heavy (non-hydrogen) atoms. The van der Waals surface area contributed by atoms with Gasteiger partial charge in [-0.1, -0.05) is 0 Å². The SMILES string of the molecule is CN(C)C(=O)c1ccc(NC(=O)c2ccc(O)cc2O)cc1. The molecule has 0 saturated heterocycles. The van der Waals surface area contributed by atoms with Gasteiger partial charge in [-0.2, -0.15) is 0 Å². The van der Waals surface area contributed by atoms with Crippen LogP contribution in [0.15, 0.2) is 42.5 Å².